The molecule has 0 bridgehead atoms. The van der Waals surface area contributed by atoms with Crippen LogP contribution in [0.1, 0.15) is 26.3 Å². The molecule has 0 radical (unpaired) electrons. The Balaban J connectivity index is 0.00000162. The molecule has 0 spiro atoms. The highest BCUT2D eigenvalue weighted by Gasteiger charge is 2.38. The number of para-hydroxylation sites is 1. The minimum atomic E-state index is -0.456. The molecule has 0 amide bonds. The van der Waals surface area contributed by atoms with Gasteiger partial charge in [0, 0.05) is 17.5 Å². The summed E-state index contributed by atoms with van der Waals surface area (Å²) >= 11 is 0. The molecule has 1 N–H and O–H groups in total. The molecule has 1 heterocycles. The van der Waals surface area contributed by atoms with Crippen LogP contribution in [-0.2, 0) is 10.5 Å². The minimum absolute atomic E-state index is 0. The molecule has 1 saturated heterocycles. The first-order valence-electron chi connectivity index (χ1n) is 5.99. The standard InChI is InChI=1S/C14H21NO2.ClH/c1-13(2)9-15-14(3,17-10-13)11-7-5-6-8-12(11)16-4;/h5-8,15H,9-10H2,1-4H3;1H. The van der Waals surface area contributed by atoms with E-state index in [-0.39, 0.29) is 17.8 Å². The van der Waals surface area contributed by atoms with Crippen LogP contribution in [0.5, 0.6) is 5.75 Å². The zero-order valence-electron chi connectivity index (χ0n) is 11.4. The quantitative estimate of drug-likeness (QED) is 0.897. The van der Waals surface area contributed by atoms with E-state index in [9.17, 15) is 0 Å². The maximum atomic E-state index is 6.02. The summed E-state index contributed by atoms with van der Waals surface area (Å²) in [5.74, 6) is 0.863. The van der Waals surface area contributed by atoms with Crippen molar-refractivity contribution < 1.29 is 9.47 Å². The van der Waals surface area contributed by atoms with E-state index in [2.05, 4.69) is 26.1 Å². The van der Waals surface area contributed by atoms with Gasteiger partial charge in [-0.2, -0.15) is 0 Å². The summed E-state index contributed by atoms with van der Waals surface area (Å²) in [5, 5.41) is 3.47. The molecule has 1 aliphatic heterocycles. The summed E-state index contributed by atoms with van der Waals surface area (Å²) in [5.41, 5.74) is 0.780. The van der Waals surface area contributed by atoms with E-state index >= 15 is 0 Å². The van der Waals surface area contributed by atoms with Crippen molar-refractivity contribution in [2.75, 3.05) is 20.3 Å². The zero-order valence-corrected chi connectivity index (χ0v) is 12.3. The van der Waals surface area contributed by atoms with E-state index < -0.39 is 5.72 Å². The van der Waals surface area contributed by atoms with Crippen molar-refractivity contribution >= 4 is 12.4 Å². The fraction of sp³-hybridized carbons (Fsp3) is 0.571. The lowest BCUT2D eigenvalue weighted by Crippen LogP contribution is -2.53. The van der Waals surface area contributed by atoms with Crippen LogP contribution in [0, 0.1) is 5.41 Å². The topological polar surface area (TPSA) is 30.5 Å². The number of hydrogen-bond acceptors (Lipinski definition) is 3. The Morgan fingerprint density at radius 1 is 1.22 bits per heavy atom. The summed E-state index contributed by atoms with van der Waals surface area (Å²) in [6.07, 6.45) is 0. The summed E-state index contributed by atoms with van der Waals surface area (Å²) in [6, 6.07) is 7.99. The van der Waals surface area contributed by atoms with Gasteiger partial charge in [-0.1, -0.05) is 32.0 Å². The molecular weight excluding hydrogens is 250 g/mol. The molecule has 0 saturated carbocycles. The predicted molar refractivity (Wildman–Crippen MR) is 75.3 cm³/mol. The maximum Gasteiger partial charge on any atom is 0.146 e. The molecule has 2 rings (SSSR count). The molecule has 1 unspecified atom stereocenters. The Morgan fingerprint density at radius 2 is 1.89 bits per heavy atom. The number of nitrogens with one attached hydrogen (secondary N) is 1. The first-order valence-corrected chi connectivity index (χ1v) is 5.99. The summed E-state index contributed by atoms with van der Waals surface area (Å²) in [7, 11) is 1.69. The Kier molecular flexibility index (Phi) is 4.65. The number of benzene rings is 1. The van der Waals surface area contributed by atoms with Crippen LogP contribution >= 0.6 is 12.4 Å². The molecular formula is C14H22ClNO2. The largest absolute Gasteiger partial charge is 0.496 e. The minimum Gasteiger partial charge on any atom is -0.496 e. The Labute approximate surface area is 115 Å². The number of hydrogen-bond donors (Lipinski definition) is 1. The van der Waals surface area contributed by atoms with Gasteiger partial charge in [-0.25, -0.2) is 0 Å². The normalized spacial score (nSPS) is 26.2. The van der Waals surface area contributed by atoms with Crippen LogP contribution in [0.3, 0.4) is 0 Å². The first kappa shape index (κ1) is 15.3. The third kappa shape index (κ3) is 2.97. The summed E-state index contributed by atoms with van der Waals surface area (Å²) in [6.45, 7) is 8.12. The number of halogens is 1. The Morgan fingerprint density at radius 3 is 2.44 bits per heavy atom. The van der Waals surface area contributed by atoms with Crippen molar-refractivity contribution in [3.8, 4) is 5.75 Å². The third-order valence-corrected chi connectivity index (χ3v) is 3.28. The van der Waals surface area contributed by atoms with Gasteiger partial charge >= 0.3 is 0 Å². The van der Waals surface area contributed by atoms with E-state index in [0.29, 0.717) is 0 Å². The molecule has 1 fully saturated rings. The molecule has 0 aromatic heterocycles. The van der Waals surface area contributed by atoms with Gasteiger partial charge in [-0.05, 0) is 13.0 Å². The molecule has 18 heavy (non-hydrogen) atoms. The predicted octanol–water partition coefficient (Wildman–Crippen LogP) is 2.94. The van der Waals surface area contributed by atoms with Gasteiger partial charge in [0.25, 0.3) is 0 Å². The number of rotatable bonds is 2. The van der Waals surface area contributed by atoms with Crippen molar-refractivity contribution in [3.63, 3.8) is 0 Å². The molecule has 0 aliphatic carbocycles. The molecule has 1 aromatic rings. The lowest BCUT2D eigenvalue weighted by molar-refractivity contribution is -0.132. The van der Waals surface area contributed by atoms with Crippen molar-refractivity contribution in [2.24, 2.45) is 5.41 Å². The second-order valence-electron chi connectivity index (χ2n) is 5.54. The van der Waals surface area contributed by atoms with Crippen LogP contribution in [0.4, 0.5) is 0 Å². The Hall–Kier alpha value is -0.770. The van der Waals surface area contributed by atoms with Gasteiger partial charge in [0.05, 0.1) is 13.7 Å². The summed E-state index contributed by atoms with van der Waals surface area (Å²) in [4.78, 5) is 0. The first-order chi connectivity index (χ1) is 7.97. The number of methoxy groups -OCH3 is 1. The molecule has 3 nitrogen and oxygen atoms in total. The van der Waals surface area contributed by atoms with Crippen molar-refractivity contribution in [1.29, 1.82) is 0 Å². The maximum absolute atomic E-state index is 6.02. The molecule has 102 valence electrons. The number of ether oxygens (including phenoxy) is 2. The average molecular weight is 272 g/mol. The fourth-order valence-corrected chi connectivity index (χ4v) is 2.06. The van der Waals surface area contributed by atoms with E-state index in [1.165, 1.54) is 0 Å². The van der Waals surface area contributed by atoms with E-state index in [4.69, 9.17) is 9.47 Å². The smallest absolute Gasteiger partial charge is 0.146 e. The lowest BCUT2D eigenvalue weighted by atomic mass is 9.90. The van der Waals surface area contributed by atoms with Crippen LogP contribution in [0.2, 0.25) is 0 Å². The summed E-state index contributed by atoms with van der Waals surface area (Å²) < 4.78 is 11.4. The molecule has 1 atom stereocenters. The van der Waals surface area contributed by atoms with Crippen molar-refractivity contribution in [3.05, 3.63) is 29.8 Å². The average Bonchev–Trinajstić information content (AvgIpc) is 2.33. The third-order valence-electron chi connectivity index (χ3n) is 3.28. The van der Waals surface area contributed by atoms with Gasteiger partial charge in [0.15, 0.2) is 0 Å². The van der Waals surface area contributed by atoms with Crippen LogP contribution in [-0.4, -0.2) is 20.3 Å². The van der Waals surface area contributed by atoms with Crippen LogP contribution in [0.25, 0.3) is 0 Å². The van der Waals surface area contributed by atoms with E-state index in [0.717, 1.165) is 24.5 Å². The van der Waals surface area contributed by atoms with Gasteiger partial charge < -0.3 is 9.47 Å². The lowest BCUT2D eigenvalue weighted by Gasteiger charge is -2.43. The van der Waals surface area contributed by atoms with Crippen LogP contribution in [0.15, 0.2) is 24.3 Å². The van der Waals surface area contributed by atoms with E-state index in [1.807, 2.05) is 24.3 Å². The van der Waals surface area contributed by atoms with Crippen LogP contribution < -0.4 is 10.1 Å². The van der Waals surface area contributed by atoms with E-state index in [1.54, 1.807) is 7.11 Å². The van der Waals surface area contributed by atoms with Gasteiger partial charge in [-0.15, -0.1) is 12.4 Å². The molecule has 1 aromatic carbocycles. The highest BCUT2D eigenvalue weighted by molar-refractivity contribution is 5.85. The highest BCUT2D eigenvalue weighted by atomic mass is 35.5. The zero-order chi connectivity index (χ0) is 12.5. The Bertz CT molecular complexity index is 397. The molecule has 1 aliphatic rings. The second-order valence-corrected chi connectivity index (χ2v) is 5.54. The van der Waals surface area contributed by atoms with Gasteiger partial charge in [-0.3, -0.25) is 5.32 Å². The van der Waals surface area contributed by atoms with Crippen molar-refractivity contribution in [2.45, 2.75) is 26.5 Å². The fourth-order valence-electron chi connectivity index (χ4n) is 2.06. The van der Waals surface area contributed by atoms with Gasteiger partial charge in [0.1, 0.15) is 11.5 Å². The molecule has 4 heteroatoms. The van der Waals surface area contributed by atoms with Crippen molar-refractivity contribution in [1.82, 2.24) is 5.32 Å². The SMILES string of the molecule is COc1ccccc1C1(C)NCC(C)(C)CO1.Cl. The highest BCUT2D eigenvalue weighted by Crippen LogP contribution is 2.35. The monoisotopic (exact) mass is 271 g/mol. The second kappa shape index (κ2) is 5.47. The van der Waals surface area contributed by atoms with Gasteiger partial charge in [0.2, 0.25) is 0 Å².